The maximum atomic E-state index is 5.75. The van der Waals surface area contributed by atoms with Crippen molar-refractivity contribution in [3.63, 3.8) is 0 Å². The van der Waals surface area contributed by atoms with Gasteiger partial charge in [-0.25, -0.2) is 0 Å². The molecule has 0 aromatic rings. The van der Waals surface area contributed by atoms with E-state index >= 15 is 0 Å². The largest absolute Gasteiger partial charge is 0.448 e. The van der Waals surface area contributed by atoms with Crippen LogP contribution in [0.2, 0.25) is 0 Å². The van der Waals surface area contributed by atoms with E-state index in [1.54, 1.807) is 0 Å². The number of hydrogen-bond donors (Lipinski definition) is 0. The molecule has 2 aliphatic rings. The van der Waals surface area contributed by atoms with Crippen molar-refractivity contribution in [3.8, 4) is 0 Å². The minimum Gasteiger partial charge on any atom is -0.448 e. The summed E-state index contributed by atoms with van der Waals surface area (Å²) >= 11 is 0. The van der Waals surface area contributed by atoms with E-state index in [0.29, 0.717) is 0 Å². The molecular weight excluding hydrogens is 633 g/mol. The molecule has 2 aliphatic carbocycles. The van der Waals surface area contributed by atoms with E-state index in [9.17, 15) is 0 Å². The van der Waals surface area contributed by atoms with E-state index in [-0.39, 0.29) is 40.2 Å². The third-order valence-corrected chi connectivity index (χ3v) is 2.67. The molecule has 134 valence electrons. The third kappa shape index (κ3) is 28.4. The van der Waals surface area contributed by atoms with E-state index < -0.39 is 0 Å². The Bertz CT molecular complexity index is 192. The molecule has 0 saturated carbocycles. The second-order valence-electron chi connectivity index (χ2n) is 4.20. The van der Waals surface area contributed by atoms with Crippen molar-refractivity contribution in [1.29, 1.82) is 0 Å². The average Bonchev–Trinajstić information content (AvgIpc) is 2.42. The zero-order chi connectivity index (χ0) is 15.3. The van der Waals surface area contributed by atoms with Crippen LogP contribution >= 0.6 is 0 Å². The van der Waals surface area contributed by atoms with E-state index in [1.807, 2.05) is 0 Å². The third-order valence-electron chi connectivity index (χ3n) is 2.67. The Morgan fingerprint density at radius 1 is 0.364 bits per heavy atom. The van der Waals surface area contributed by atoms with Gasteiger partial charge < -0.3 is 10.2 Å². The van der Waals surface area contributed by atoms with Gasteiger partial charge >= 0.3 is 0 Å². The fourth-order valence-corrected chi connectivity index (χ4v) is 1.71. The summed E-state index contributed by atoms with van der Waals surface area (Å²) in [5.41, 5.74) is 0. The molecule has 0 heterocycles. The van der Waals surface area contributed by atoms with Crippen molar-refractivity contribution in [2.45, 2.75) is 51.4 Å². The van der Waals surface area contributed by atoms with Crippen molar-refractivity contribution in [2.24, 2.45) is 0 Å². The number of hydrogen-bond acceptors (Lipinski definition) is 0. The van der Waals surface area contributed by atoms with Crippen molar-refractivity contribution < 1.29 is 50.4 Å². The minimum atomic E-state index is 0. The predicted octanol–water partition coefficient (Wildman–Crippen LogP) is 4.02. The van der Waals surface area contributed by atoms with Gasteiger partial charge in [0.05, 0.1) is 0 Å². The fraction of sp³-hybridized carbons (Fsp3) is 0.556. The van der Waals surface area contributed by atoms with Crippen LogP contribution in [0.5, 0.6) is 0 Å². The molecule has 0 aromatic heterocycles. The standard InChI is InChI=1S/2C8H12.2CH4O.2Ir/c2*1-2-4-6-8-7-5-3-1;2*1-2;;/h2*1-2,7-8H,3-6H2;2*2H,1H3;;/p+2. The maximum absolute atomic E-state index is 5.75. The Kier molecular flexibility index (Phi) is 45.1. The average molecular weight is 667 g/mol. The molecule has 0 fully saturated rings. The summed E-state index contributed by atoms with van der Waals surface area (Å²) in [7, 11) is 2.50. The van der Waals surface area contributed by atoms with Crippen molar-refractivity contribution in [2.75, 3.05) is 14.2 Å². The Morgan fingerprint density at radius 2 is 0.455 bits per heavy atom. The van der Waals surface area contributed by atoms with Gasteiger partial charge in [-0.3, -0.25) is 0 Å². The van der Waals surface area contributed by atoms with Crippen LogP contribution in [0, 0.1) is 0 Å². The molecule has 0 aliphatic heterocycles. The van der Waals surface area contributed by atoms with Crippen LogP contribution in [0.3, 0.4) is 0 Å². The van der Waals surface area contributed by atoms with Crippen LogP contribution in [0.15, 0.2) is 48.6 Å². The summed E-state index contributed by atoms with van der Waals surface area (Å²) in [5, 5.41) is 11.5. The second-order valence-corrected chi connectivity index (χ2v) is 4.20. The Labute approximate surface area is 164 Å². The summed E-state index contributed by atoms with van der Waals surface area (Å²) in [6.07, 6.45) is 28.0. The molecule has 0 unspecified atom stereocenters. The molecule has 0 atom stereocenters. The Hall–Kier alpha value is 0.179. The van der Waals surface area contributed by atoms with Gasteiger partial charge in [0.2, 0.25) is 0 Å². The summed E-state index contributed by atoms with van der Waals surface area (Å²) in [6.45, 7) is 0. The molecular formula is C18H34Ir2O2+2. The minimum absolute atomic E-state index is 0. The fourth-order valence-electron chi connectivity index (χ4n) is 1.71. The monoisotopic (exact) mass is 668 g/mol. The molecule has 0 saturated heterocycles. The van der Waals surface area contributed by atoms with Crippen LogP contribution in [0.25, 0.3) is 0 Å². The normalized spacial score (nSPS) is 15.1. The summed E-state index contributed by atoms with van der Waals surface area (Å²) in [6, 6.07) is 0. The van der Waals surface area contributed by atoms with Gasteiger partial charge in [-0.15, -0.1) is 0 Å². The first-order valence-corrected chi connectivity index (χ1v) is 7.60. The first-order valence-electron chi connectivity index (χ1n) is 7.60. The van der Waals surface area contributed by atoms with Crippen molar-refractivity contribution >= 4 is 0 Å². The zero-order valence-electron chi connectivity index (χ0n) is 13.9. The molecule has 4 N–H and O–H groups in total. The molecule has 2 radical (unpaired) electrons. The van der Waals surface area contributed by atoms with Gasteiger partial charge in [0, 0.05) is 40.2 Å². The van der Waals surface area contributed by atoms with Crippen LogP contribution in [0.1, 0.15) is 51.4 Å². The number of allylic oxidation sites excluding steroid dienone is 8. The molecule has 0 aromatic carbocycles. The van der Waals surface area contributed by atoms with Gasteiger partial charge in [0.25, 0.3) is 0 Å². The van der Waals surface area contributed by atoms with E-state index in [1.165, 1.54) is 65.6 Å². The first-order chi connectivity index (χ1) is 10.0. The smallest absolute Gasteiger partial charge is 0.133 e. The van der Waals surface area contributed by atoms with Gasteiger partial charge in [0.15, 0.2) is 0 Å². The summed E-state index contributed by atoms with van der Waals surface area (Å²) < 4.78 is 0. The second kappa shape index (κ2) is 32.9. The van der Waals surface area contributed by atoms with Gasteiger partial charge in [0.1, 0.15) is 14.2 Å². The summed E-state index contributed by atoms with van der Waals surface area (Å²) in [5.74, 6) is 0. The quantitative estimate of drug-likeness (QED) is 0.277. The molecule has 0 amide bonds. The van der Waals surface area contributed by atoms with Crippen molar-refractivity contribution in [1.82, 2.24) is 0 Å². The van der Waals surface area contributed by atoms with E-state index in [4.69, 9.17) is 10.2 Å². The van der Waals surface area contributed by atoms with Crippen LogP contribution in [0.4, 0.5) is 0 Å². The molecule has 2 nitrogen and oxygen atoms in total. The molecule has 2 rings (SSSR count). The molecule has 0 spiro atoms. The summed E-state index contributed by atoms with van der Waals surface area (Å²) in [4.78, 5) is 0. The number of rotatable bonds is 0. The van der Waals surface area contributed by atoms with Crippen molar-refractivity contribution in [3.05, 3.63) is 48.6 Å². The molecule has 4 heteroatoms. The molecule has 0 bridgehead atoms. The van der Waals surface area contributed by atoms with Gasteiger partial charge in [-0.05, 0) is 51.4 Å². The zero-order valence-corrected chi connectivity index (χ0v) is 18.7. The van der Waals surface area contributed by atoms with Crippen LogP contribution < -0.4 is 0 Å². The molecule has 22 heavy (non-hydrogen) atoms. The Morgan fingerprint density at radius 3 is 0.545 bits per heavy atom. The topological polar surface area (TPSA) is 45.8 Å². The van der Waals surface area contributed by atoms with E-state index in [0.717, 1.165) is 0 Å². The van der Waals surface area contributed by atoms with E-state index in [2.05, 4.69) is 48.6 Å². The first kappa shape index (κ1) is 30.1. The predicted molar refractivity (Wildman–Crippen MR) is 92.6 cm³/mol. The van der Waals surface area contributed by atoms with Gasteiger partial charge in [-0.1, -0.05) is 48.6 Å². The van der Waals surface area contributed by atoms with Crippen LogP contribution in [-0.2, 0) is 40.2 Å². The maximum Gasteiger partial charge on any atom is 0.133 e. The Balaban J connectivity index is -0.000000112. The SMILES string of the molecule is C1=CCCC=CCC1.C1=CCCC=CCC1.C[OH2+].C[OH2+].[Ir].[Ir]. The van der Waals surface area contributed by atoms with Crippen LogP contribution in [-0.4, -0.2) is 24.4 Å². The van der Waals surface area contributed by atoms with Gasteiger partial charge in [-0.2, -0.15) is 0 Å².